The van der Waals surface area contributed by atoms with Crippen molar-refractivity contribution in [3.8, 4) is 5.75 Å². The van der Waals surface area contributed by atoms with Crippen molar-refractivity contribution in [3.05, 3.63) is 72.4 Å². The lowest BCUT2D eigenvalue weighted by Gasteiger charge is -2.02. The van der Waals surface area contributed by atoms with E-state index in [-0.39, 0.29) is 5.70 Å². The number of aryl methyl sites for hydroxylation is 1. The van der Waals surface area contributed by atoms with Gasteiger partial charge in [0.1, 0.15) is 5.75 Å². The Bertz CT molecular complexity index is 631. The van der Waals surface area contributed by atoms with E-state index in [0.29, 0.717) is 11.4 Å². The van der Waals surface area contributed by atoms with Gasteiger partial charge in [0.15, 0.2) is 5.70 Å². The number of hydrogen-bond acceptors (Lipinski definition) is 4. The van der Waals surface area contributed by atoms with Crippen LogP contribution in [0.25, 0.3) is 0 Å². The number of ether oxygens (including phenoxy) is 1. The first kappa shape index (κ1) is 13.7. The fourth-order valence-corrected chi connectivity index (χ4v) is 1.42. The number of carbonyl (C=O) groups is 1. The summed E-state index contributed by atoms with van der Waals surface area (Å²) in [5, 5.41) is 7.71. The van der Waals surface area contributed by atoms with Gasteiger partial charge in [-0.3, -0.25) is 0 Å². The van der Waals surface area contributed by atoms with Crippen LogP contribution >= 0.6 is 0 Å². The highest BCUT2D eigenvalue weighted by Crippen LogP contribution is 2.15. The van der Waals surface area contributed by atoms with Gasteiger partial charge in [0, 0.05) is 0 Å². The maximum absolute atomic E-state index is 11.7. The second-order valence-electron chi connectivity index (χ2n) is 4.18. The molecule has 0 unspecified atom stereocenters. The standard InChI is InChI=1S/C16H14N2O2/c1-12-8-10-14(11-9-12)18-17-13(2)16(19)20-15-6-4-3-5-7-15/h3-11H,2H2,1H3. The first-order chi connectivity index (χ1) is 9.65. The number of para-hydroxylation sites is 1. The van der Waals surface area contributed by atoms with Crippen LogP contribution in [-0.2, 0) is 4.79 Å². The van der Waals surface area contributed by atoms with Crippen molar-refractivity contribution in [2.45, 2.75) is 6.92 Å². The van der Waals surface area contributed by atoms with E-state index in [1.807, 2.05) is 37.3 Å². The molecule has 0 aliphatic heterocycles. The van der Waals surface area contributed by atoms with Crippen LogP contribution in [0.5, 0.6) is 5.75 Å². The van der Waals surface area contributed by atoms with E-state index >= 15 is 0 Å². The van der Waals surface area contributed by atoms with E-state index in [4.69, 9.17) is 4.74 Å². The number of rotatable bonds is 4. The monoisotopic (exact) mass is 266 g/mol. The zero-order valence-electron chi connectivity index (χ0n) is 11.1. The Morgan fingerprint density at radius 1 is 1.05 bits per heavy atom. The number of esters is 1. The van der Waals surface area contributed by atoms with Crippen LogP contribution in [0.15, 0.2) is 77.1 Å². The van der Waals surface area contributed by atoms with Gasteiger partial charge in [0.2, 0.25) is 0 Å². The molecule has 2 aromatic rings. The van der Waals surface area contributed by atoms with Gasteiger partial charge in [0.25, 0.3) is 0 Å². The number of benzene rings is 2. The molecule has 0 heterocycles. The van der Waals surface area contributed by atoms with Crippen LogP contribution in [0.3, 0.4) is 0 Å². The molecular weight excluding hydrogens is 252 g/mol. The Hall–Kier alpha value is -2.75. The zero-order chi connectivity index (χ0) is 14.4. The molecule has 0 aromatic heterocycles. The Labute approximate surface area is 117 Å². The lowest BCUT2D eigenvalue weighted by Crippen LogP contribution is -2.08. The summed E-state index contributed by atoms with van der Waals surface area (Å²) in [6.45, 7) is 5.53. The largest absolute Gasteiger partial charge is 0.422 e. The normalized spacial score (nSPS) is 10.4. The van der Waals surface area contributed by atoms with Crippen LogP contribution in [0.2, 0.25) is 0 Å². The third-order valence-corrected chi connectivity index (χ3v) is 2.51. The SMILES string of the molecule is C=C(N=Nc1ccc(C)cc1)C(=O)Oc1ccccc1. The minimum Gasteiger partial charge on any atom is -0.422 e. The Kier molecular flexibility index (Phi) is 4.39. The van der Waals surface area contributed by atoms with Crippen molar-refractivity contribution in [2.75, 3.05) is 0 Å². The molecule has 4 nitrogen and oxygen atoms in total. The van der Waals surface area contributed by atoms with E-state index in [0.717, 1.165) is 5.56 Å². The summed E-state index contributed by atoms with van der Waals surface area (Å²) in [4.78, 5) is 11.7. The van der Waals surface area contributed by atoms with E-state index in [1.54, 1.807) is 24.3 Å². The highest BCUT2D eigenvalue weighted by molar-refractivity contribution is 5.88. The molecule has 0 saturated carbocycles. The Balaban J connectivity index is 1.97. The molecule has 4 heteroatoms. The minimum absolute atomic E-state index is 0.0468. The van der Waals surface area contributed by atoms with Crippen molar-refractivity contribution in [1.29, 1.82) is 0 Å². The van der Waals surface area contributed by atoms with Crippen molar-refractivity contribution < 1.29 is 9.53 Å². The predicted octanol–water partition coefficient (Wildman–Crippen LogP) is 4.20. The summed E-state index contributed by atoms with van der Waals surface area (Å²) < 4.78 is 5.09. The summed E-state index contributed by atoms with van der Waals surface area (Å²) in [7, 11) is 0. The summed E-state index contributed by atoms with van der Waals surface area (Å²) >= 11 is 0. The predicted molar refractivity (Wildman–Crippen MR) is 76.9 cm³/mol. The van der Waals surface area contributed by atoms with Gasteiger partial charge in [-0.05, 0) is 31.2 Å². The van der Waals surface area contributed by atoms with Gasteiger partial charge < -0.3 is 4.74 Å². The highest BCUT2D eigenvalue weighted by Gasteiger charge is 2.08. The Morgan fingerprint density at radius 2 is 1.70 bits per heavy atom. The van der Waals surface area contributed by atoms with Gasteiger partial charge in [-0.15, -0.1) is 5.11 Å². The number of hydrogen-bond donors (Lipinski definition) is 0. The maximum atomic E-state index is 11.7. The average molecular weight is 266 g/mol. The van der Waals surface area contributed by atoms with E-state index in [2.05, 4.69) is 16.8 Å². The summed E-state index contributed by atoms with van der Waals surface area (Å²) in [6, 6.07) is 16.2. The topological polar surface area (TPSA) is 51.0 Å². The second kappa shape index (κ2) is 6.43. The molecule has 0 saturated heterocycles. The maximum Gasteiger partial charge on any atom is 0.363 e. The molecule has 0 fully saturated rings. The molecule has 0 aliphatic carbocycles. The van der Waals surface area contributed by atoms with Gasteiger partial charge in [-0.25, -0.2) is 4.79 Å². The lowest BCUT2D eigenvalue weighted by molar-refractivity contribution is -0.130. The molecule has 0 bridgehead atoms. The number of carbonyl (C=O) groups excluding carboxylic acids is 1. The summed E-state index contributed by atoms with van der Waals surface area (Å²) in [5.74, 6) is -0.170. The molecule has 0 amide bonds. The molecule has 0 spiro atoms. The molecular formula is C16H14N2O2. The molecule has 100 valence electrons. The van der Waals surface area contributed by atoms with Crippen molar-refractivity contribution in [1.82, 2.24) is 0 Å². The quantitative estimate of drug-likeness (QED) is 0.360. The third kappa shape index (κ3) is 3.88. The molecule has 0 aliphatic rings. The second-order valence-corrected chi connectivity index (χ2v) is 4.18. The van der Waals surface area contributed by atoms with Crippen LogP contribution in [0.4, 0.5) is 5.69 Å². The first-order valence-corrected chi connectivity index (χ1v) is 6.10. The molecule has 20 heavy (non-hydrogen) atoms. The molecule has 2 rings (SSSR count). The van der Waals surface area contributed by atoms with Crippen LogP contribution < -0.4 is 4.74 Å². The number of nitrogens with zero attached hydrogens (tertiary/aromatic N) is 2. The van der Waals surface area contributed by atoms with Gasteiger partial charge in [-0.2, -0.15) is 5.11 Å². The van der Waals surface area contributed by atoms with Crippen molar-refractivity contribution in [3.63, 3.8) is 0 Å². The fraction of sp³-hybridized carbons (Fsp3) is 0.0625. The average Bonchev–Trinajstić information content (AvgIpc) is 2.47. The van der Waals surface area contributed by atoms with E-state index < -0.39 is 5.97 Å². The lowest BCUT2D eigenvalue weighted by atomic mass is 10.2. The number of azo groups is 1. The van der Waals surface area contributed by atoms with Crippen LogP contribution in [-0.4, -0.2) is 5.97 Å². The van der Waals surface area contributed by atoms with Gasteiger partial charge in [0.05, 0.1) is 5.69 Å². The van der Waals surface area contributed by atoms with Crippen LogP contribution in [0, 0.1) is 6.92 Å². The van der Waals surface area contributed by atoms with Gasteiger partial charge >= 0.3 is 5.97 Å². The van der Waals surface area contributed by atoms with Gasteiger partial charge in [-0.1, -0.05) is 42.5 Å². The van der Waals surface area contributed by atoms with E-state index in [9.17, 15) is 4.79 Å². The zero-order valence-corrected chi connectivity index (χ0v) is 11.1. The first-order valence-electron chi connectivity index (χ1n) is 6.10. The molecule has 0 N–H and O–H groups in total. The minimum atomic E-state index is -0.618. The Morgan fingerprint density at radius 3 is 2.35 bits per heavy atom. The summed E-state index contributed by atoms with van der Waals surface area (Å²) in [6.07, 6.45) is 0. The van der Waals surface area contributed by atoms with E-state index in [1.165, 1.54) is 0 Å². The van der Waals surface area contributed by atoms with Crippen LogP contribution in [0.1, 0.15) is 5.56 Å². The highest BCUT2D eigenvalue weighted by atomic mass is 16.5. The smallest absolute Gasteiger partial charge is 0.363 e. The molecule has 0 atom stereocenters. The van der Waals surface area contributed by atoms with Crippen molar-refractivity contribution >= 4 is 11.7 Å². The molecule has 2 aromatic carbocycles. The fourth-order valence-electron chi connectivity index (χ4n) is 1.42. The van der Waals surface area contributed by atoms with Crippen molar-refractivity contribution in [2.24, 2.45) is 10.2 Å². The third-order valence-electron chi connectivity index (χ3n) is 2.51. The summed E-state index contributed by atoms with van der Waals surface area (Å²) in [5.41, 5.74) is 1.74. The molecule has 0 radical (unpaired) electrons.